The van der Waals surface area contributed by atoms with Gasteiger partial charge in [0.2, 0.25) is 0 Å². The van der Waals surface area contributed by atoms with E-state index >= 15 is 0 Å². The first-order valence-corrected chi connectivity index (χ1v) is 6.93. The van der Waals surface area contributed by atoms with Crippen LogP contribution in [-0.2, 0) is 4.74 Å². The van der Waals surface area contributed by atoms with Crippen LogP contribution in [0.2, 0.25) is 0 Å². The van der Waals surface area contributed by atoms with Crippen LogP contribution in [0.15, 0.2) is 30.3 Å². The van der Waals surface area contributed by atoms with E-state index in [0.29, 0.717) is 6.54 Å². The fraction of sp³-hybridized carbons (Fsp3) is 0.600. The number of benzene rings is 1. The maximum absolute atomic E-state index is 6.06. The zero-order valence-electron chi connectivity index (χ0n) is 11.3. The smallest absolute Gasteiger partial charge is 0.0778 e. The average molecular weight is 248 g/mol. The van der Waals surface area contributed by atoms with E-state index in [0.717, 1.165) is 26.2 Å². The molecular weight excluding hydrogens is 224 g/mol. The lowest BCUT2D eigenvalue weighted by molar-refractivity contribution is 0.176. The molecule has 1 aliphatic heterocycles. The number of hydrogen-bond acceptors (Lipinski definition) is 3. The molecule has 1 fully saturated rings. The number of para-hydroxylation sites is 1. The Balaban J connectivity index is 2.24. The van der Waals surface area contributed by atoms with Gasteiger partial charge < -0.3 is 15.4 Å². The summed E-state index contributed by atoms with van der Waals surface area (Å²) in [4.78, 5) is 2.46. The molecule has 0 saturated carbocycles. The Hall–Kier alpha value is -1.06. The predicted molar refractivity (Wildman–Crippen MR) is 75.9 cm³/mol. The number of hydrogen-bond donors (Lipinski definition) is 1. The first-order chi connectivity index (χ1) is 8.82. The number of anilines is 1. The van der Waals surface area contributed by atoms with Gasteiger partial charge in [-0.25, -0.2) is 0 Å². The van der Waals surface area contributed by atoms with Crippen molar-refractivity contribution < 1.29 is 4.74 Å². The number of rotatable bonds is 6. The quantitative estimate of drug-likeness (QED) is 0.840. The first-order valence-electron chi connectivity index (χ1n) is 6.93. The van der Waals surface area contributed by atoms with Gasteiger partial charge in [0, 0.05) is 25.4 Å². The lowest BCUT2D eigenvalue weighted by atomic mass is 9.95. The lowest BCUT2D eigenvalue weighted by Crippen LogP contribution is -2.55. The van der Waals surface area contributed by atoms with E-state index in [1.807, 2.05) is 0 Å². The molecule has 0 spiro atoms. The minimum Gasteiger partial charge on any atom is -0.379 e. The molecule has 2 N–H and O–H groups in total. The highest BCUT2D eigenvalue weighted by Gasteiger charge is 2.39. The third kappa shape index (κ3) is 2.68. The molecule has 1 saturated heterocycles. The summed E-state index contributed by atoms with van der Waals surface area (Å²) in [6.45, 7) is 5.52. The van der Waals surface area contributed by atoms with Gasteiger partial charge >= 0.3 is 0 Å². The summed E-state index contributed by atoms with van der Waals surface area (Å²) in [5.41, 5.74) is 7.32. The van der Waals surface area contributed by atoms with Crippen molar-refractivity contribution in [3.8, 4) is 0 Å². The van der Waals surface area contributed by atoms with Crippen LogP contribution in [0, 0.1) is 0 Å². The molecule has 0 amide bonds. The van der Waals surface area contributed by atoms with Crippen molar-refractivity contribution >= 4 is 5.69 Å². The summed E-state index contributed by atoms with van der Waals surface area (Å²) in [6.07, 6.45) is 3.42. The van der Waals surface area contributed by atoms with Crippen LogP contribution in [0.3, 0.4) is 0 Å². The Morgan fingerprint density at radius 1 is 1.33 bits per heavy atom. The Kier molecular flexibility index (Phi) is 4.61. The minimum atomic E-state index is -0.00345. The topological polar surface area (TPSA) is 38.5 Å². The number of ether oxygens (including phenoxy) is 1. The van der Waals surface area contributed by atoms with E-state index in [4.69, 9.17) is 10.5 Å². The monoisotopic (exact) mass is 248 g/mol. The van der Waals surface area contributed by atoms with Crippen molar-refractivity contribution in [1.29, 1.82) is 0 Å². The van der Waals surface area contributed by atoms with E-state index in [2.05, 4.69) is 42.2 Å². The van der Waals surface area contributed by atoms with Crippen LogP contribution >= 0.6 is 0 Å². The molecular formula is C15H24N2O. The van der Waals surface area contributed by atoms with Gasteiger partial charge in [-0.2, -0.15) is 0 Å². The van der Waals surface area contributed by atoms with Crippen LogP contribution < -0.4 is 10.6 Å². The van der Waals surface area contributed by atoms with E-state index in [1.54, 1.807) is 0 Å². The molecule has 2 rings (SSSR count). The highest BCUT2D eigenvalue weighted by Crippen LogP contribution is 2.30. The largest absolute Gasteiger partial charge is 0.379 e. The van der Waals surface area contributed by atoms with E-state index in [1.165, 1.54) is 18.5 Å². The summed E-state index contributed by atoms with van der Waals surface area (Å²) in [7, 11) is 0. The molecule has 100 valence electrons. The Morgan fingerprint density at radius 3 is 2.67 bits per heavy atom. The zero-order chi connectivity index (χ0) is 12.8. The molecule has 18 heavy (non-hydrogen) atoms. The average Bonchev–Trinajstić information content (AvgIpc) is 2.90. The van der Waals surface area contributed by atoms with E-state index < -0.39 is 0 Å². The summed E-state index contributed by atoms with van der Waals surface area (Å²) in [5, 5.41) is 0. The molecule has 3 nitrogen and oxygen atoms in total. The van der Waals surface area contributed by atoms with Gasteiger partial charge in [-0.1, -0.05) is 31.5 Å². The van der Waals surface area contributed by atoms with Gasteiger partial charge in [0.1, 0.15) is 0 Å². The van der Waals surface area contributed by atoms with Gasteiger partial charge in [-0.3, -0.25) is 0 Å². The molecule has 1 unspecified atom stereocenters. The van der Waals surface area contributed by atoms with Crippen molar-refractivity contribution in [2.24, 2.45) is 5.73 Å². The summed E-state index contributed by atoms with van der Waals surface area (Å²) in [6, 6.07) is 10.6. The first kappa shape index (κ1) is 13.4. The summed E-state index contributed by atoms with van der Waals surface area (Å²) >= 11 is 0. The van der Waals surface area contributed by atoms with Crippen LogP contribution in [0.25, 0.3) is 0 Å². The van der Waals surface area contributed by atoms with Gasteiger partial charge in [0.25, 0.3) is 0 Å². The van der Waals surface area contributed by atoms with Crippen LogP contribution in [-0.4, -0.2) is 31.8 Å². The molecule has 1 heterocycles. The maximum atomic E-state index is 6.06. The van der Waals surface area contributed by atoms with Gasteiger partial charge in [0.05, 0.1) is 12.1 Å². The SMILES string of the molecule is CCCCN(c1ccccc1)C1(CN)CCOC1. The molecule has 0 aliphatic carbocycles. The number of nitrogens with zero attached hydrogens (tertiary/aromatic N) is 1. The maximum Gasteiger partial charge on any atom is 0.0778 e. The standard InChI is InChI=1S/C15H24N2O/c1-2-3-10-17(14-7-5-4-6-8-14)15(12-16)9-11-18-13-15/h4-8H,2-3,9-13,16H2,1H3. The summed E-state index contributed by atoms with van der Waals surface area (Å²) < 4.78 is 5.61. The third-order valence-corrected chi connectivity index (χ3v) is 3.84. The van der Waals surface area contributed by atoms with Gasteiger partial charge in [-0.05, 0) is 25.0 Å². The Morgan fingerprint density at radius 2 is 2.11 bits per heavy atom. The highest BCUT2D eigenvalue weighted by atomic mass is 16.5. The Labute approximate surface area is 110 Å². The minimum absolute atomic E-state index is 0.00345. The number of unbranched alkanes of at least 4 members (excludes halogenated alkanes) is 1. The van der Waals surface area contributed by atoms with Crippen LogP contribution in [0.4, 0.5) is 5.69 Å². The van der Waals surface area contributed by atoms with E-state index in [-0.39, 0.29) is 5.54 Å². The van der Waals surface area contributed by atoms with Crippen LogP contribution in [0.1, 0.15) is 26.2 Å². The lowest BCUT2D eigenvalue weighted by Gasteiger charge is -2.41. The molecule has 0 aromatic heterocycles. The number of nitrogens with two attached hydrogens (primary N) is 1. The fourth-order valence-corrected chi connectivity index (χ4v) is 2.64. The fourth-order valence-electron chi connectivity index (χ4n) is 2.64. The summed E-state index contributed by atoms with van der Waals surface area (Å²) in [5.74, 6) is 0. The molecule has 1 aromatic carbocycles. The van der Waals surface area contributed by atoms with E-state index in [9.17, 15) is 0 Å². The molecule has 0 radical (unpaired) electrons. The van der Waals surface area contributed by atoms with Crippen molar-refractivity contribution in [2.45, 2.75) is 31.7 Å². The molecule has 1 atom stereocenters. The van der Waals surface area contributed by atoms with Gasteiger partial charge in [-0.15, -0.1) is 0 Å². The second kappa shape index (κ2) is 6.21. The molecule has 3 heteroatoms. The molecule has 1 aliphatic rings. The van der Waals surface area contributed by atoms with Crippen molar-refractivity contribution in [3.05, 3.63) is 30.3 Å². The van der Waals surface area contributed by atoms with Gasteiger partial charge in [0.15, 0.2) is 0 Å². The van der Waals surface area contributed by atoms with Crippen LogP contribution in [0.5, 0.6) is 0 Å². The normalized spacial score (nSPS) is 23.2. The third-order valence-electron chi connectivity index (χ3n) is 3.84. The zero-order valence-corrected chi connectivity index (χ0v) is 11.3. The molecule has 0 bridgehead atoms. The predicted octanol–water partition coefficient (Wildman–Crippen LogP) is 2.41. The van der Waals surface area contributed by atoms with Crippen molar-refractivity contribution in [2.75, 3.05) is 31.2 Å². The highest BCUT2D eigenvalue weighted by molar-refractivity contribution is 5.49. The second-order valence-corrected chi connectivity index (χ2v) is 5.07. The van der Waals surface area contributed by atoms with Crippen molar-refractivity contribution in [3.63, 3.8) is 0 Å². The molecule has 1 aromatic rings. The Bertz CT molecular complexity index is 347. The second-order valence-electron chi connectivity index (χ2n) is 5.07. The van der Waals surface area contributed by atoms with Crippen molar-refractivity contribution in [1.82, 2.24) is 0 Å².